The lowest BCUT2D eigenvalue weighted by molar-refractivity contribution is -0.138. The van der Waals surface area contributed by atoms with E-state index < -0.39 is 12.0 Å². The average Bonchev–Trinajstić information content (AvgIpc) is 2.21. The molecule has 1 rings (SSSR count). The largest absolute Gasteiger partial charge is 0.504 e. The zero-order valence-corrected chi connectivity index (χ0v) is 10.8. The van der Waals surface area contributed by atoms with E-state index in [1.165, 1.54) is 12.1 Å². The third kappa shape index (κ3) is 3.13. The van der Waals surface area contributed by atoms with Crippen LogP contribution in [0.3, 0.4) is 0 Å². The molecule has 5 heteroatoms. The molecule has 1 aromatic carbocycles. The van der Waals surface area contributed by atoms with Crippen molar-refractivity contribution in [2.45, 2.75) is 38.6 Å². The number of nitrogens with two attached hydrogens (primary N) is 1. The Labute approximate surface area is 106 Å². The molecule has 0 spiro atoms. The van der Waals surface area contributed by atoms with Crippen LogP contribution in [0.2, 0.25) is 0 Å². The van der Waals surface area contributed by atoms with Crippen LogP contribution >= 0.6 is 0 Å². The van der Waals surface area contributed by atoms with Crippen molar-refractivity contribution in [3.63, 3.8) is 0 Å². The maximum atomic E-state index is 10.8. The minimum atomic E-state index is -1.09. The van der Waals surface area contributed by atoms with E-state index in [-0.39, 0.29) is 23.3 Å². The standard InChI is InChI=1S/C13H19NO4/c1-13(2,3)8-6-11(16)10(15)5-7(8)4-9(14)12(17)18/h5-6,9,15-16H,4,14H2,1-3H3,(H,17,18). The lowest BCUT2D eigenvalue weighted by atomic mass is 9.82. The zero-order valence-electron chi connectivity index (χ0n) is 10.8. The number of rotatable bonds is 3. The monoisotopic (exact) mass is 253 g/mol. The number of carboxylic acid groups (broad SMARTS) is 1. The van der Waals surface area contributed by atoms with Crippen LogP contribution < -0.4 is 5.73 Å². The summed E-state index contributed by atoms with van der Waals surface area (Å²) in [6, 6.07) is 1.80. The highest BCUT2D eigenvalue weighted by atomic mass is 16.4. The molecular formula is C13H19NO4. The first-order valence-electron chi connectivity index (χ1n) is 5.66. The molecule has 0 aliphatic carbocycles. The molecule has 18 heavy (non-hydrogen) atoms. The second-order valence-electron chi connectivity index (χ2n) is 5.40. The van der Waals surface area contributed by atoms with Crippen molar-refractivity contribution < 1.29 is 20.1 Å². The molecule has 0 bridgehead atoms. The van der Waals surface area contributed by atoms with Crippen molar-refractivity contribution >= 4 is 5.97 Å². The van der Waals surface area contributed by atoms with E-state index in [9.17, 15) is 15.0 Å². The summed E-state index contributed by atoms with van der Waals surface area (Å²) in [5.74, 6) is -1.58. The van der Waals surface area contributed by atoms with E-state index in [4.69, 9.17) is 10.8 Å². The minimum Gasteiger partial charge on any atom is -0.504 e. The molecule has 0 amide bonds. The first-order valence-corrected chi connectivity index (χ1v) is 5.66. The summed E-state index contributed by atoms with van der Waals surface area (Å²) in [6.45, 7) is 5.82. The van der Waals surface area contributed by atoms with Crippen LogP contribution in [0.1, 0.15) is 31.9 Å². The van der Waals surface area contributed by atoms with Crippen molar-refractivity contribution in [3.05, 3.63) is 23.3 Å². The minimum absolute atomic E-state index is 0.107. The van der Waals surface area contributed by atoms with Gasteiger partial charge in [0.1, 0.15) is 6.04 Å². The summed E-state index contributed by atoms with van der Waals surface area (Å²) in [7, 11) is 0. The van der Waals surface area contributed by atoms with Crippen LogP contribution in [-0.4, -0.2) is 27.3 Å². The van der Waals surface area contributed by atoms with Gasteiger partial charge in [0, 0.05) is 0 Å². The highest BCUT2D eigenvalue weighted by molar-refractivity contribution is 5.73. The van der Waals surface area contributed by atoms with Crippen LogP contribution in [0, 0.1) is 0 Å². The Bertz CT molecular complexity index is 463. The fourth-order valence-corrected chi connectivity index (χ4v) is 1.81. The van der Waals surface area contributed by atoms with Gasteiger partial charge in [-0.05, 0) is 35.1 Å². The molecule has 1 unspecified atom stereocenters. The maximum Gasteiger partial charge on any atom is 0.320 e. The maximum absolute atomic E-state index is 10.8. The van der Waals surface area contributed by atoms with Crippen molar-refractivity contribution in [1.29, 1.82) is 0 Å². The summed E-state index contributed by atoms with van der Waals surface area (Å²) in [4.78, 5) is 10.8. The fraction of sp³-hybridized carbons (Fsp3) is 0.462. The second kappa shape index (κ2) is 4.86. The normalized spacial score (nSPS) is 13.3. The van der Waals surface area contributed by atoms with Crippen LogP contribution in [0.25, 0.3) is 0 Å². The number of carboxylic acids is 1. The summed E-state index contributed by atoms with van der Waals surface area (Å²) < 4.78 is 0. The highest BCUT2D eigenvalue weighted by Gasteiger charge is 2.23. The average molecular weight is 253 g/mol. The Morgan fingerprint density at radius 3 is 2.22 bits per heavy atom. The number of carbonyl (C=O) groups is 1. The molecule has 0 saturated carbocycles. The lowest BCUT2D eigenvalue weighted by Gasteiger charge is -2.24. The van der Waals surface area contributed by atoms with E-state index in [1.54, 1.807) is 0 Å². The van der Waals surface area contributed by atoms with Crippen LogP contribution in [0.15, 0.2) is 12.1 Å². The Hall–Kier alpha value is -1.75. The molecule has 0 heterocycles. The molecule has 0 aliphatic heterocycles. The molecule has 0 saturated heterocycles. The van der Waals surface area contributed by atoms with E-state index in [0.29, 0.717) is 5.56 Å². The van der Waals surface area contributed by atoms with Gasteiger partial charge in [-0.15, -0.1) is 0 Å². The number of hydrogen-bond acceptors (Lipinski definition) is 4. The van der Waals surface area contributed by atoms with E-state index in [0.717, 1.165) is 5.56 Å². The van der Waals surface area contributed by atoms with Crippen LogP contribution in [0.5, 0.6) is 11.5 Å². The Morgan fingerprint density at radius 1 is 1.28 bits per heavy atom. The molecule has 0 radical (unpaired) electrons. The van der Waals surface area contributed by atoms with Gasteiger partial charge in [-0.2, -0.15) is 0 Å². The molecule has 0 fully saturated rings. The lowest BCUT2D eigenvalue weighted by Crippen LogP contribution is -2.33. The van der Waals surface area contributed by atoms with Gasteiger partial charge in [0.2, 0.25) is 0 Å². The quantitative estimate of drug-likeness (QED) is 0.609. The van der Waals surface area contributed by atoms with E-state index >= 15 is 0 Å². The number of aromatic hydroxyl groups is 2. The summed E-state index contributed by atoms with van der Waals surface area (Å²) in [6.07, 6.45) is 0.107. The number of hydrogen-bond donors (Lipinski definition) is 4. The topological polar surface area (TPSA) is 104 Å². The number of aliphatic carboxylic acids is 1. The molecule has 100 valence electrons. The molecular weight excluding hydrogens is 234 g/mol. The summed E-state index contributed by atoms with van der Waals surface area (Å²) >= 11 is 0. The smallest absolute Gasteiger partial charge is 0.320 e. The first kappa shape index (κ1) is 14.3. The first-order chi connectivity index (χ1) is 8.12. The zero-order chi connectivity index (χ0) is 14.1. The van der Waals surface area contributed by atoms with Gasteiger partial charge in [0.05, 0.1) is 0 Å². The molecule has 5 N–H and O–H groups in total. The van der Waals surface area contributed by atoms with Gasteiger partial charge < -0.3 is 21.1 Å². The predicted octanol–water partition coefficient (Wildman–Crippen LogP) is 1.35. The van der Waals surface area contributed by atoms with Gasteiger partial charge in [0.25, 0.3) is 0 Å². The molecule has 0 aromatic heterocycles. The number of phenols is 2. The third-order valence-electron chi connectivity index (χ3n) is 2.77. The Balaban J connectivity index is 3.24. The molecule has 1 aromatic rings. The van der Waals surface area contributed by atoms with Crippen molar-refractivity contribution in [3.8, 4) is 11.5 Å². The van der Waals surface area contributed by atoms with E-state index in [2.05, 4.69) is 0 Å². The second-order valence-corrected chi connectivity index (χ2v) is 5.40. The predicted molar refractivity (Wildman–Crippen MR) is 67.8 cm³/mol. The van der Waals surface area contributed by atoms with Gasteiger partial charge >= 0.3 is 5.97 Å². The van der Waals surface area contributed by atoms with Crippen molar-refractivity contribution in [1.82, 2.24) is 0 Å². The van der Waals surface area contributed by atoms with Crippen molar-refractivity contribution in [2.24, 2.45) is 5.73 Å². The van der Waals surface area contributed by atoms with Crippen LogP contribution in [-0.2, 0) is 16.6 Å². The van der Waals surface area contributed by atoms with Gasteiger partial charge in [-0.25, -0.2) is 0 Å². The van der Waals surface area contributed by atoms with Gasteiger partial charge in [-0.1, -0.05) is 20.8 Å². The van der Waals surface area contributed by atoms with Gasteiger partial charge in [0.15, 0.2) is 11.5 Å². The Kier molecular flexibility index (Phi) is 3.86. The molecule has 1 atom stereocenters. The SMILES string of the molecule is CC(C)(C)c1cc(O)c(O)cc1CC(N)C(=O)O. The number of phenolic OH excluding ortho intramolecular Hbond substituents is 2. The number of benzene rings is 1. The van der Waals surface area contributed by atoms with Gasteiger partial charge in [-0.3, -0.25) is 4.79 Å². The summed E-state index contributed by atoms with van der Waals surface area (Å²) in [5.41, 5.74) is 6.63. The summed E-state index contributed by atoms with van der Waals surface area (Å²) in [5, 5.41) is 27.9. The fourth-order valence-electron chi connectivity index (χ4n) is 1.81. The third-order valence-corrected chi connectivity index (χ3v) is 2.77. The Morgan fingerprint density at radius 2 is 1.78 bits per heavy atom. The highest BCUT2D eigenvalue weighted by Crippen LogP contribution is 2.35. The molecule has 5 nitrogen and oxygen atoms in total. The molecule has 0 aliphatic rings. The van der Waals surface area contributed by atoms with Crippen molar-refractivity contribution in [2.75, 3.05) is 0 Å². The van der Waals surface area contributed by atoms with E-state index in [1.807, 2.05) is 20.8 Å². The van der Waals surface area contributed by atoms with Crippen LogP contribution in [0.4, 0.5) is 0 Å².